The van der Waals surface area contributed by atoms with Crippen LogP contribution in [0.1, 0.15) is 26.5 Å². The fraction of sp³-hybridized carbons (Fsp3) is 0.125. The van der Waals surface area contributed by atoms with E-state index in [1.165, 1.54) is 10.9 Å². The molecule has 0 spiro atoms. The van der Waals surface area contributed by atoms with Crippen LogP contribution in [-0.2, 0) is 6.42 Å². The molecule has 0 bridgehead atoms. The van der Waals surface area contributed by atoms with Crippen molar-refractivity contribution >= 4 is 23.1 Å². The average Bonchev–Trinajstić information content (AvgIpc) is 3.14. The number of aldehydes is 1. The van der Waals surface area contributed by atoms with Crippen LogP contribution in [0.2, 0.25) is 0 Å². The Bertz CT molecular complexity index is 786. The molecule has 5 heteroatoms. The van der Waals surface area contributed by atoms with Gasteiger partial charge in [-0.2, -0.15) is 0 Å². The van der Waals surface area contributed by atoms with Crippen molar-refractivity contribution in [1.29, 1.82) is 0 Å². The van der Waals surface area contributed by atoms with Crippen LogP contribution in [0.3, 0.4) is 0 Å². The largest absolute Gasteiger partial charge is 0.361 e. The number of benzene rings is 1. The Morgan fingerprint density at radius 3 is 2.86 bits per heavy atom. The summed E-state index contributed by atoms with van der Waals surface area (Å²) >= 11 is 0. The van der Waals surface area contributed by atoms with Crippen LogP contribution in [0, 0.1) is 0 Å². The van der Waals surface area contributed by atoms with Gasteiger partial charge in [0.25, 0.3) is 5.91 Å². The highest BCUT2D eigenvalue weighted by molar-refractivity contribution is 5.93. The molecule has 3 rings (SSSR count). The Morgan fingerprint density at radius 1 is 1.19 bits per heavy atom. The molecule has 0 saturated carbocycles. The van der Waals surface area contributed by atoms with Crippen molar-refractivity contribution in [2.75, 3.05) is 6.54 Å². The van der Waals surface area contributed by atoms with E-state index in [0.29, 0.717) is 24.2 Å². The molecule has 1 amide bonds. The first kappa shape index (κ1) is 13.2. The second-order valence-electron chi connectivity index (χ2n) is 4.81. The molecule has 0 aliphatic heterocycles. The number of aromatic nitrogens is 2. The van der Waals surface area contributed by atoms with Gasteiger partial charge in [0.2, 0.25) is 0 Å². The molecule has 2 heterocycles. The van der Waals surface area contributed by atoms with Crippen molar-refractivity contribution in [3.63, 3.8) is 0 Å². The summed E-state index contributed by atoms with van der Waals surface area (Å²) in [5, 5.41) is 4.02. The van der Waals surface area contributed by atoms with E-state index in [2.05, 4.69) is 21.4 Å². The van der Waals surface area contributed by atoms with Gasteiger partial charge in [-0.1, -0.05) is 18.2 Å². The van der Waals surface area contributed by atoms with Gasteiger partial charge in [0.1, 0.15) is 5.69 Å². The van der Waals surface area contributed by atoms with Crippen molar-refractivity contribution in [1.82, 2.24) is 15.3 Å². The maximum Gasteiger partial charge on any atom is 0.267 e. The van der Waals surface area contributed by atoms with E-state index in [-0.39, 0.29) is 5.91 Å². The van der Waals surface area contributed by atoms with E-state index in [9.17, 15) is 9.59 Å². The third-order valence-electron chi connectivity index (χ3n) is 3.43. The summed E-state index contributed by atoms with van der Waals surface area (Å²) in [4.78, 5) is 28.4. The Kier molecular flexibility index (Phi) is 3.55. The van der Waals surface area contributed by atoms with Crippen LogP contribution in [-0.4, -0.2) is 28.7 Å². The van der Waals surface area contributed by atoms with Gasteiger partial charge < -0.3 is 15.3 Å². The minimum atomic E-state index is -0.206. The molecular formula is C16H15N3O2. The fourth-order valence-electron chi connectivity index (χ4n) is 2.36. The lowest BCUT2D eigenvalue weighted by molar-refractivity contribution is 0.0950. The smallest absolute Gasteiger partial charge is 0.267 e. The number of hydrogen-bond acceptors (Lipinski definition) is 2. The predicted molar refractivity (Wildman–Crippen MR) is 80.5 cm³/mol. The molecule has 0 radical (unpaired) electrons. The summed E-state index contributed by atoms with van der Waals surface area (Å²) in [6, 6.07) is 11.3. The van der Waals surface area contributed by atoms with Crippen LogP contribution in [0.5, 0.6) is 0 Å². The third kappa shape index (κ3) is 2.72. The molecule has 3 aromatic rings. The molecule has 0 saturated heterocycles. The van der Waals surface area contributed by atoms with Gasteiger partial charge in [0.15, 0.2) is 6.29 Å². The summed E-state index contributed by atoms with van der Waals surface area (Å²) in [5.41, 5.74) is 3.07. The van der Waals surface area contributed by atoms with Gasteiger partial charge in [-0.25, -0.2) is 0 Å². The maximum absolute atomic E-state index is 11.9. The molecule has 0 aliphatic carbocycles. The summed E-state index contributed by atoms with van der Waals surface area (Å²) in [6.07, 6.45) is 3.40. The van der Waals surface area contributed by atoms with Crippen LogP contribution in [0.15, 0.2) is 42.6 Å². The fourth-order valence-corrected chi connectivity index (χ4v) is 2.36. The maximum atomic E-state index is 11.9. The van der Waals surface area contributed by atoms with E-state index in [1.807, 2.05) is 24.4 Å². The van der Waals surface area contributed by atoms with E-state index in [4.69, 9.17) is 0 Å². The summed E-state index contributed by atoms with van der Waals surface area (Å²) < 4.78 is 0. The van der Waals surface area contributed by atoms with Crippen molar-refractivity contribution in [3.05, 3.63) is 59.5 Å². The number of fused-ring (bicyclic) bond motifs is 1. The van der Waals surface area contributed by atoms with Crippen LogP contribution < -0.4 is 5.32 Å². The number of rotatable bonds is 5. The second-order valence-corrected chi connectivity index (χ2v) is 4.81. The Morgan fingerprint density at radius 2 is 2.05 bits per heavy atom. The monoisotopic (exact) mass is 281 g/mol. The van der Waals surface area contributed by atoms with Crippen molar-refractivity contribution in [3.8, 4) is 0 Å². The molecule has 0 fully saturated rings. The highest BCUT2D eigenvalue weighted by Crippen LogP contribution is 2.17. The normalized spacial score (nSPS) is 10.7. The predicted octanol–water partition coefficient (Wildman–Crippen LogP) is 2.28. The number of amides is 1. The highest BCUT2D eigenvalue weighted by Gasteiger charge is 2.08. The lowest BCUT2D eigenvalue weighted by Gasteiger charge is -2.03. The van der Waals surface area contributed by atoms with Crippen LogP contribution in [0.4, 0.5) is 0 Å². The van der Waals surface area contributed by atoms with E-state index < -0.39 is 0 Å². The van der Waals surface area contributed by atoms with Crippen LogP contribution in [0.25, 0.3) is 10.9 Å². The molecule has 0 atom stereocenters. The number of aromatic amines is 2. The summed E-state index contributed by atoms with van der Waals surface area (Å²) in [5.74, 6) is -0.206. The topological polar surface area (TPSA) is 77.8 Å². The molecule has 0 unspecified atom stereocenters. The number of carbonyl (C=O) groups excluding carboxylic acids is 2. The minimum Gasteiger partial charge on any atom is -0.361 e. The highest BCUT2D eigenvalue weighted by atomic mass is 16.2. The molecule has 21 heavy (non-hydrogen) atoms. The van der Waals surface area contributed by atoms with Crippen molar-refractivity contribution < 1.29 is 9.59 Å². The zero-order valence-corrected chi connectivity index (χ0v) is 11.3. The Labute approximate surface area is 121 Å². The third-order valence-corrected chi connectivity index (χ3v) is 3.43. The average molecular weight is 281 g/mol. The quantitative estimate of drug-likeness (QED) is 0.627. The van der Waals surface area contributed by atoms with Gasteiger partial charge in [-0.15, -0.1) is 0 Å². The van der Waals surface area contributed by atoms with E-state index in [1.54, 1.807) is 12.1 Å². The molecule has 1 aromatic carbocycles. The van der Waals surface area contributed by atoms with Gasteiger partial charge >= 0.3 is 0 Å². The van der Waals surface area contributed by atoms with Crippen LogP contribution >= 0.6 is 0 Å². The molecular weight excluding hydrogens is 266 g/mol. The first-order chi connectivity index (χ1) is 10.3. The lowest BCUT2D eigenvalue weighted by Crippen LogP contribution is -2.25. The SMILES string of the molecule is O=Cc1ccc(C(=O)NCCc2c[nH]c3ccccc23)[nH]1. The summed E-state index contributed by atoms with van der Waals surface area (Å²) in [6.45, 7) is 0.538. The molecule has 106 valence electrons. The molecule has 2 aromatic heterocycles. The lowest BCUT2D eigenvalue weighted by atomic mass is 10.1. The number of hydrogen-bond donors (Lipinski definition) is 3. The molecule has 5 nitrogen and oxygen atoms in total. The number of nitrogens with one attached hydrogen (secondary N) is 3. The standard InChI is InChI=1S/C16H15N3O2/c20-10-12-5-6-15(19-12)16(21)17-8-7-11-9-18-14-4-2-1-3-13(11)14/h1-6,9-10,18-19H,7-8H2,(H,17,21). The van der Waals surface area contributed by atoms with Gasteiger partial charge in [0, 0.05) is 23.6 Å². The number of carbonyl (C=O) groups is 2. The van der Waals surface area contributed by atoms with Gasteiger partial charge in [0.05, 0.1) is 5.69 Å². The van der Waals surface area contributed by atoms with E-state index >= 15 is 0 Å². The first-order valence-corrected chi connectivity index (χ1v) is 6.75. The summed E-state index contributed by atoms with van der Waals surface area (Å²) in [7, 11) is 0. The Balaban J connectivity index is 1.60. The molecule has 3 N–H and O–H groups in total. The van der Waals surface area contributed by atoms with Gasteiger partial charge in [-0.05, 0) is 30.2 Å². The first-order valence-electron chi connectivity index (χ1n) is 6.75. The zero-order valence-electron chi connectivity index (χ0n) is 11.3. The number of H-pyrrole nitrogens is 2. The van der Waals surface area contributed by atoms with E-state index in [0.717, 1.165) is 11.9 Å². The number of para-hydroxylation sites is 1. The van der Waals surface area contributed by atoms with Crippen molar-refractivity contribution in [2.24, 2.45) is 0 Å². The zero-order chi connectivity index (χ0) is 14.7. The van der Waals surface area contributed by atoms with Gasteiger partial charge in [-0.3, -0.25) is 9.59 Å². The van der Waals surface area contributed by atoms with Crippen molar-refractivity contribution in [2.45, 2.75) is 6.42 Å². The second kappa shape index (κ2) is 5.66. The Hall–Kier alpha value is -2.82. The minimum absolute atomic E-state index is 0.206. The molecule has 0 aliphatic rings.